The van der Waals surface area contributed by atoms with Gasteiger partial charge in [0.2, 0.25) is 0 Å². The van der Waals surface area contributed by atoms with Crippen LogP contribution in [0.1, 0.15) is 51.1 Å². The fourth-order valence-corrected chi connectivity index (χ4v) is 2.85. The lowest BCUT2D eigenvalue weighted by Crippen LogP contribution is -2.31. The second kappa shape index (κ2) is 7.44. The summed E-state index contributed by atoms with van der Waals surface area (Å²) in [7, 11) is 0. The number of benzene rings is 1. The summed E-state index contributed by atoms with van der Waals surface area (Å²) in [4.78, 5) is 2.62. The lowest BCUT2D eigenvalue weighted by atomic mass is 10.0. The minimum absolute atomic E-state index is 0.0454. The van der Waals surface area contributed by atoms with Crippen LogP contribution >= 0.6 is 11.6 Å². The van der Waals surface area contributed by atoms with E-state index >= 15 is 0 Å². The Labute approximate surface area is 128 Å². The van der Waals surface area contributed by atoms with Gasteiger partial charge in [-0.1, -0.05) is 43.6 Å². The van der Waals surface area contributed by atoms with Crippen molar-refractivity contribution in [2.75, 3.05) is 13.1 Å². The van der Waals surface area contributed by atoms with Crippen molar-refractivity contribution in [3.8, 4) is 0 Å². The Morgan fingerprint density at radius 3 is 2.45 bits per heavy atom. The van der Waals surface area contributed by atoms with E-state index in [4.69, 9.17) is 17.3 Å². The molecule has 1 aromatic carbocycles. The van der Waals surface area contributed by atoms with Crippen LogP contribution in [0.4, 0.5) is 0 Å². The molecular formula is C17H27ClN2. The molecule has 20 heavy (non-hydrogen) atoms. The Balaban J connectivity index is 1.84. The van der Waals surface area contributed by atoms with E-state index in [1.54, 1.807) is 0 Å². The van der Waals surface area contributed by atoms with Crippen molar-refractivity contribution in [2.45, 2.75) is 51.6 Å². The van der Waals surface area contributed by atoms with Crippen molar-refractivity contribution in [2.24, 2.45) is 11.7 Å². The minimum Gasteiger partial charge on any atom is -0.324 e. The first-order valence-electron chi connectivity index (χ1n) is 7.82. The summed E-state index contributed by atoms with van der Waals surface area (Å²) in [6, 6.07) is 8.80. The smallest absolute Gasteiger partial charge is 0.0453 e. The molecule has 0 spiro atoms. The van der Waals surface area contributed by atoms with Gasteiger partial charge in [0.25, 0.3) is 0 Å². The molecule has 2 rings (SSSR count). The Morgan fingerprint density at radius 2 is 1.85 bits per heavy atom. The lowest BCUT2D eigenvalue weighted by Gasteiger charge is -2.25. The fourth-order valence-electron chi connectivity index (χ4n) is 2.58. The number of nitrogens with two attached hydrogens (primary N) is 1. The third-order valence-corrected chi connectivity index (χ3v) is 4.43. The molecule has 1 saturated carbocycles. The third-order valence-electron chi connectivity index (χ3n) is 4.09. The van der Waals surface area contributed by atoms with E-state index in [0.29, 0.717) is 0 Å². The van der Waals surface area contributed by atoms with Gasteiger partial charge in [0, 0.05) is 23.7 Å². The van der Waals surface area contributed by atoms with E-state index < -0.39 is 0 Å². The van der Waals surface area contributed by atoms with Crippen molar-refractivity contribution < 1.29 is 0 Å². The van der Waals surface area contributed by atoms with Gasteiger partial charge in [0.15, 0.2) is 0 Å². The van der Waals surface area contributed by atoms with E-state index in [1.165, 1.54) is 25.8 Å². The zero-order valence-corrected chi connectivity index (χ0v) is 13.4. The predicted octanol–water partition coefficient (Wildman–Crippen LogP) is 4.24. The van der Waals surface area contributed by atoms with E-state index in [2.05, 4.69) is 18.7 Å². The van der Waals surface area contributed by atoms with Crippen LogP contribution in [0.2, 0.25) is 5.02 Å². The van der Waals surface area contributed by atoms with Crippen LogP contribution in [-0.4, -0.2) is 24.0 Å². The van der Waals surface area contributed by atoms with E-state index in [1.807, 2.05) is 24.3 Å². The summed E-state index contributed by atoms with van der Waals surface area (Å²) in [5, 5.41) is 0.792. The number of rotatable bonds is 8. The molecule has 0 saturated heterocycles. The molecule has 112 valence electrons. The highest BCUT2D eigenvalue weighted by Gasteiger charge is 2.28. The number of halogens is 1. The summed E-state index contributed by atoms with van der Waals surface area (Å²) in [5.41, 5.74) is 7.39. The topological polar surface area (TPSA) is 29.3 Å². The van der Waals surface area contributed by atoms with Crippen LogP contribution < -0.4 is 5.73 Å². The largest absolute Gasteiger partial charge is 0.324 e. The Kier molecular flexibility index (Phi) is 5.88. The second-order valence-corrected chi connectivity index (χ2v) is 6.77. The van der Waals surface area contributed by atoms with Crippen molar-refractivity contribution >= 4 is 11.6 Å². The first-order valence-corrected chi connectivity index (χ1v) is 8.19. The van der Waals surface area contributed by atoms with Crippen LogP contribution in [0.25, 0.3) is 0 Å². The lowest BCUT2D eigenvalue weighted by molar-refractivity contribution is 0.239. The zero-order chi connectivity index (χ0) is 14.5. The number of hydrogen-bond donors (Lipinski definition) is 1. The number of hydrogen-bond acceptors (Lipinski definition) is 2. The van der Waals surface area contributed by atoms with Gasteiger partial charge >= 0.3 is 0 Å². The van der Waals surface area contributed by atoms with Crippen LogP contribution in [-0.2, 0) is 0 Å². The predicted molar refractivity (Wildman–Crippen MR) is 87.0 cm³/mol. The highest BCUT2D eigenvalue weighted by molar-refractivity contribution is 6.31. The van der Waals surface area contributed by atoms with Crippen molar-refractivity contribution in [3.63, 3.8) is 0 Å². The van der Waals surface area contributed by atoms with Gasteiger partial charge in [-0.25, -0.2) is 0 Å². The molecule has 0 amide bonds. The molecule has 1 fully saturated rings. The highest BCUT2D eigenvalue weighted by Crippen LogP contribution is 2.29. The molecule has 1 aromatic rings. The van der Waals surface area contributed by atoms with E-state index in [-0.39, 0.29) is 6.04 Å². The number of nitrogens with zero attached hydrogens (tertiary/aromatic N) is 1. The SMILES string of the molecule is CC(C)CCN(CCC(N)c1ccccc1Cl)C1CC1. The molecule has 1 aliphatic rings. The van der Waals surface area contributed by atoms with Crippen molar-refractivity contribution in [1.29, 1.82) is 0 Å². The quantitative estimate of drug-likeness (QED) is 0.777. The third kappa shape index (κ3) is 4.76. The first kappa shape index (κ1) is 15.8. The zero-order valence-electron chi connectivity index (χ0n) is 12.7. The summed E-state index contributed by atoms with van der Waals surface area (Å²) >= 11 is 6.22. The van der Waals surface area contributed by atoms with Crippen LogP contribution in [0.3, 0.4) is 0 Å². The minimum atomic E-state index is 0.0454. The second-order valence-electron chi connectivity index (χ2n) is 6.37. The molecule has 0 aliphatic heterocycles. The standard InChI is InChI=1S/C17H27ClN2/c1-13(2)9-11-20(14-7-8-14)12-10-17(19)15-5-3-4-6-16(15)18/h3-6,13-14,17H,7-12,19H2,1-2H3. The molecule has 0 bridgehead atoms. The van der Waals surface area contributed by atoms with Crippen LogP contribution in [0, 0.1) is 5.92 Å². The molecule has 1 unspecified atom stereocenters. The van der Waals surface area contributed by atoms with Gasteiger partial charge < -0.3 is 10.6 Å². The summed E-state index contributed by atoms with van der Waals surface area (Å²) in [6.07, 6.45) is 4.98. The summed E-state index contributed by atoms with van der Waals surface area (Å²) in [5.74, 6) is 0.772. The maximum Gasteiger partial charge on any atom is 0.0453 e. The highest BCUT2D eigenvalue weighted by atomic mass is 35.5. The van der Waals surface area contributed by atoms with Crippen LogP contribution in [0.15, 0.2) is 24.3 Å². The molecule has 3 heteroatoms. The first-order chi connectivity index (χ1) is 9.58. The van der Waals surface area contributed by atoms with Crippen molar-refractivity contribution in [1.82, 2.24) is 4.90 Å². The van der Waals surface area contributed by atoms with Gasteiger partial charge in [-0.05, 0) is 49.8 Å². The van der Waals surface area contributed by atoms with E-state index in [0.717, 1.165) is 35.5 Å². The fraction of sp³-hybridized carbons (Fsp3) is 0.647. The maximum atomic E-state index is 6.31. The average Bonchev–Trinajstić information content (AvgIpc) is 3.23. The van der Waals surface area contributed by atoms with Gasteiger partial charge in [-0.3, -0.25) is 0 Å². The Morgan fingerprint density at radius 1 is 1.20 bits per heavy atom. The Hall–Kier alpha value is -0.570. The molecule has 0 aromatic heterocycles. The normalized spacial score (nSPS) is 16.9. The van der Waals surface area contributed by atoms with Gasteiger partial charge in [-0.2, -0.15) is 0 Å². The summed E-state index contributed by atoms with van der Waals surface area (Å²) in [6.45, 7) is 6.88. The van der Waals surface area contributed by atoms with Gasteiger partial charge in [0.05, 0.1) is 0 Å². The molecule has 0 heterocycles. The molecule has 1 atom stereocenters. The summed E-state index contributed by atoms with van der Waals surface area (Å²) < 4.78 is 0. The Bertz CT molecular complexity index is 415. The molecule has 0 radical (unpaired) electrons. The molecular weight excluding hydrogens is 268 g/mol. The maximum absolute atomic E-state index is 6.31. The van der Waals surface area contributed by atoms with Crippen LogP contribution in [0.5, 0.6) is 0 Å². The average molecular weight is 295 g/mol. The van der Waals surface area contributed by atoms with Gasteiger partial charge in [0.1, 0.15) is 0 Å². The van der Waals surface area contributed by atoms with E-state index in [9.17, 15) is 0 Å². The molecule has 2 N–H and O–H groups in total. The molecule has 2 nitrogen and oxygen atoms in total. The van der Waals surface area contributed by atoms with Gasteiger partial charge in [-0.15, -0.1) is 0 Å². The van der Waals surface area contributed by atoms with Crippen molar-refractivity contribution in [3.05, 3.63) is 34.9 Å². The molecule has 1 aliphatic carbocycles. The monoisotopic (exact) mass is 294 g/mol.